The number of benzene rings is 2. The molecule has 132 valence electrons. The molecule has 0 saturated heterocycles. The normalized spacial score (nSPS) is 11.9. The molecule has 0 radical (unpaired) electrons. The molecular weight excluding hydrogens is 361 g/mol. The van der Waals surface area contributed by atoms with Gasteiger partial charge in [0.1, 0.15) is 0 Å². The van der Waals surface area contributed by atoms with Gasteiger partial charge < -0.3 is 10.1 Å². The Morgan fingerprint density at radius 3 is 2.36 bits per heavy atom. The summed E-state index contributed by atoms with van der Waals surface area (Å²) < 4.78 is 5.20. The Labute approximate surface area is 157 Å². The van der Waals surface area contributed by atoms with E-state index in [2.05, 4.69) is 5.32 Å². The molecule has 0 aliphatic rings. The lowest BCUT2D eigenvalue weighted by Crippen LogP contribution is -2.31. The topological polar surface area (TPSA) is 55.4 Å². The van der Waals surface area contributed by atoms with Crippen molar-refractivity contribution >= 4 is 35.1 Å². The maximum absolute atomic E-state index is 12.6. The summed E-state index contributed by atoms with van der Waals surface area (Å²) in [6, 6.07) is 13.4. The number of amides is 1. The second kappa shape index (κ2) is 8.88. The van der Waals surface area contributed by atoms with E-state index in [9.17, 15) is 9.59 Å². The van der Waals surface area contributed by atoms with Gasteiger partial charge in [-0.3, -0.25) is 9.59 Å². The summed E-state index contributed by atoms with van der Waals surface area (Å²) in [4.78, 5) is 24.6. The van der Waals surface area contributed by atoms with Crippen LogP contribution in [0.3, 0.4) is 0 Å². The number of ether oxygens (including phenoxy) is 1. The van der Waals surface area contributed by atoms with Crippen molar-refractivity contribution < 1.29 is 14.3 Å². The second-order valence-corrected chi connectivity index (χ2v) is 6.65. The molecule has 1 amide bonds. The van der Waals surface area contributed by atoms with Crippen LogP contribution in [-0.2, 0) is 9.53 Å². The largest absolute Gasteiger partial charge is 0.463 e. The predicted octanol–water partition coefficient (Wildman–Crippen LogP) is 4.81. The zero-order valence-electron chi connectivity index (χ0n) is 14.0. The molecular formula is C19H19Cl2NO3. The molecule has 0 aromatic heterocycles. The molecule has 1 atom stereocenters. The highest BCUT2D eigenvalue weighted by atomic mass is 35.5. The van der Waals surface area contributed by atoms with Crippen LogP contribution in [0.1, 0.15) is 42.2 Å². The summed E-state index contributed by atoms with van der Waals surface area (Å²) in [5.74, 6) is -0.765. The van der Waals surface area contributed by atoms with Crippen LogP contribution in [0, 0.1) is 0 Å². The fourth-order valence-corrected chi connectivity index (χ4v) is 2.82. The number of nitrogens with one attached hydrogen (secondary N) is 1. The first-order chi connectivity index (χ1) is 11.9. The first-order valence-electron chi connectivity index (χ1n) is 7.87. The minimum absolute atomic E-state index is 0.0269. The lowest BCUT2D eigenvalue weighted by atomic mass is 10.0. The predicted molar refractivity (Wildman–Crippen MR) is 99.0 cm³/mol. The quantitative estimate of drug-likeness (QED) is 0.732. The molecule has 0 aliphatic carbocycles. The third kappa shape index (κ3) is 5.76. The molecule has 2 aromatic rings. The third-order valence-corrected chi connectivity index (χ3v) is 3.97. The van der Waals surface area contributed by atoms with Crippen molar-refractivity contribution in [1.29, 1.82) is 0 Å². The Balaban J connectivity index is 2.20. The molecule has 0 saturated carbocycles. The molecule has 2 rings (SSSR count). The zero-order valence-corrected chi connectivity index (χ0v) is 15.5. The van der Waals surface area contributed by atoms with Crippen molar-refractivity contribution in [2.75, 3.05) is 0 Å². The molecule has 4 nitrogen and oxygen atoms in total. The smallest absolute Gasteiger partial charge is 0.308 e. The van der Waals surface area contributed by atoms with E-state index in [4.69, 9.17) is 27.9 Å². The average Bonchev–Trinajstić information content (AvgIpc) is 2.54. The molecule has 0 bridgehead atoms. The fourth-order valence-electron chi connectivity index (χ4n) is 2.32. The van der Waals surface area contributed by atoms with Crippen LogP contribution in [0.5, 0.6) is 0 Å². The lowest BCUT2D eigenvalue weighted by molar-refractivity contribution is -0.147. The van der Waals surface area contributed by atoms with Gasteiger partial charge in [-0.15, -0.1) is 0 Å². The highest BCUT2D eigenvalue weighted by molar-refractivity contribution is 6.36. The minimum Gasteiger partial charge on any atom is -0.463 e. The molecule has 1 N–H and O–H groups in total. The van der Waals surface area contributed by atoms with Crippen molar-refractivity contribution in [2.24, 2.45) is 0 Å². The van der Waals surface area contributed by atoms with Gasteiger partial charge in [0.25, 0.3) is 5.91 Å². The summed E-state index contributed by atoms with van der Waals surface area (Å²) in [5, 5.41) is 3.54. The molecule has 0 spiro atoms. The lowest BCUT2D eigenvalue weighted by Gasteiger charge is -2.20. The second-order valence-electron chi connectivity index (χ2n) is 5.80. The number of hydrogen-bond donors (Lipinski definition) is 1. The van der Waals surface area contributed by atoms with Crippen LogP contribution in [-0.4, -0.2) is 18.0 Å². The van der Waals surface area contributed by atoms with Gasteiger partial charge in [-0.1, -0.05) is 53.5 Å². The van der Waals surface area contributed by atoms with Crippen LogP contribution in [0.4, 0.5) is 0 Å². The van der Waals surface area contributed by atoms with Crippen molar-refractivity contribution in [1.82, 2.24) is 5.32 Å². The summed E-state index contributed by atoms with van der Waals surface area (Å²) >= 11 is 12.0. The summed E-state index contributed by atoms with van der Waals surface area (Å²) in [7, 11) is 0. The van der Waals surface area contributed by atoms with Crippen molar-refractivity contribution in [3.8, 4) is 0 Å². The fraction of sp³-hybridized carbons (Fsp3) is 0.263. The SMILES string of the molecule is CC(C)OC(=O)CC(NC(=O)c1ccc(Cl)cc1Cl)c1ccccc1. The van der Waals surface area contributed by atoms with Gasteiger partial charge in [0.05, 0.1) is 29.2 Å². The Bertz CT molecular complexity index is 748. The monoisotopic (exact) mass is 379 g/mol. The highest BCUT2D eigenvalue weighted by Gasteiger charge is 2.21. The van der Waals surface area contributed by atoms with E-state index in [0.29, 0.717) is 10.6 Å². The maximum Gasteiger partial charge on any atom is 0.308 e. The first kappa shape index (κ1) is 19.3. The van der Waals surface area contributed by atoms with E-state index >= 15 is 0 Å². The van der Waals surface area contributed by atoms with E-state index in [-0.39, 0.29) is 29.4 Å². The van der Waals surface area contributed by atoms with Gasteiger partial charge in [-0.25, -0.2) is 0 Å². The van der Waals surface area contributed by atoms with Crippen LogP contribution in [0.2, 0.25) is 10.0 Å². The number of esters is 1. The molecule has 1 unspecified atom stereocenters. The van der Waals surface area contributed by atoms with Crippen LogP contribution >= 0.6 is 23.2 Å². The molecule has 25 heavy (non-hydrogen) atoms. The Morgan fingerprint density at radius 1 is 1.08 bits per heavy atom. The summed E-state index contributed by atoms with van der Waals surface area (Å²) in [5.41, 5.74) is 1.10. The summed E-state index contributed by atoms with van der Waals surface area (Å²) in [6.07, 6.45) is -0.190. The third-order valence-electron chi connectivity index (χ3n) is 3.42. The number of carbonyl (C=O) groups excluding carboxylic acids is 2. The molecule has 2 aromatic carbocycles. The van der Waals surface area contributed by atoms with Gasteiger partial charge in [-0.2, -0.15) is 0 Å². The van der Waals surface area contributed by atoms with Crippen LogP contribution in [0.15, 0.2) is 48.5 Å². The standard InChI is InChI=1S/C19H19Cl2NO3/c1-12(2)25-18(23)11-17(13-6-4-3-5-7-13)22-19(24)15-9-8-14(20)10-16(15)21/h3-10,12,17H,11H2,1-2H3,(H,22,24). The van der Waals surface area contributed by atoms with E-state index in [1.54, 1.807) is 26.0 Å². The zero-order chi connectivity index (χ0) is 18.4. The summed E-state index contributed by atoms with van der Waals surface area (Å²) in [6.45, 7) is 3.56. The van der Waals surface area contributed by atoms with Gasteiger partial charge in [0, 0.05) is 5.02 Å². The number of hydrogen-bond acceptors (Lipinski definition) is 3. The Kier molecular flexibility index (Phi) is 6.85. The average molecular weight is 380 g/mol. The van der Waals surface area contributed by atoms with Crippen molar-refractivity contribution in [2.45, 2.75) is 32.4 Å². The van der Waals surface area contributed by atoms with E-state index in [0.717, 1.165) is 5.56 Å². The number of halogens is 2. The van der Waals surface area contributed by atoms with Crippen LogP contribution < -0.4 is 5.32 Å². The molecule has 0 aliphatic heterocycles. The van der Waals surface area contributed by atoms with E-state index in [1.807, 2.05) is 30.3 Å². The van der Waals surface area contributed by atoms with Gasteiger partial charge >= 0.3 is 5.97 Å². The van der Waals surface area contributed by atoms with Crippen molar-refractivity contribution in [3.05, 3.63) is 69.7 Å². The Morgan fingerprint density at radius 2 is 1.76 bits per heavy atom. The minimum atomic E-state index is -0.522. The van der Waals surface area contributed by atoms with E-state index < -0.39 is 6.04 Å². The number of rotatable bonds is 6. The van der Waals surface area contributed by atoms with Crippen molar-refractivity contribution in [3.63, 3.8) is 0 Å². The molecule has 6 heteroatoms. The van der Waals surface area contributed by atoms with Gasteiger partial charge in [-0.05, 0) is 37.6 Å². The number of carbonyl (C=O) groups is 2. The van der Waals surface area contributed by atoms with Crippen LogP contribution in [0.25, 0.3) is 0 Å². The highest BCUT2D eigenvalue weighted by Crippen LogP contribution is 2.23. The molecule has 0 heterocycles. The van der Waals surface area contributed by atoms with E-state index in [1.165, 1.54) is 6.07 Å². The maximum atomic E-state index is 12.6. The van der Waals surface area contributed by atoms with Gasteiger partial charge in [0.15, 0.2) is 0 Å². The first-order valence-corrected chi connectivity index (χ1v) is 8.62. The Hall–Kier alpha value is -2.04. The molecule has 0 fully saturated rings. The van der Waals surface area contributed by atoms with Gasteiger partial charge in [0.2, 0.25) is 0 Å².